The first kappa shape index (κ1) is 15.2. The van der Waals surface area contributed by atoms with Gasteiger partial charge in [0, 0.05) is 5.54 Å². The average Bonchev–Trinajstić information content (AvgIpc) is 2.13. The molecule has 0 aromatic heterocycles. The van der Waals surface area contributed by atoms with Gasteiger partial charge in [-0.15, -0.1) is 0 Å². The second-order valence-electron chi connectivity index (χ2n) is 6.52. The van der Waals surface area contributed by atoms with E-state index in [4.69, 9.17) is 0 Å². The molecule has 18 heavy (non-hydrogen) atoms. The molecule has 2 heteroatoms. The van der Waals surface area contributed by atoms with E-state index in [0.29, 0.717) is 6.42 Å². The van der Waals surface area contributed by atoms with Gasteiger partial charge in [-0.25, -0.2) is 0 Å². The normalized spacial score (nSPS) is 15.5. The Kier molecular flexibility index (Phi) is 4.57. The maximum absolute atomic E-state index is 10.6. The van der Waals surface area contributed by atoms with Gasteiger partial charge in [0.05, 0.1) is 5.60 Å². The summed E-state index contributed by atoms with van der Waals surface area (Å²) in [4.78, 5) is 0. The molecule has 1 aromatic rings. The lowest BCUT2D eigenvalue weighted by Gasteiger charge is -2.28. The summed E-state index contributed by atoms with van der Waals surface area (Å²) in [6, 6.07) is 6.23. The molecule has 0 saturated carbocycles. The molecule has 1 aromatic carbocycles. The first-order chi connectivity index (χ1) is 8.12. The van der Waals surface area contributed by atoms with Gasteiger partial charge in [0.2, 0.25) is 0 Å². The van der Waals surface area contributed by atoms with Gasteiger partial charge in [0.1, 0.15) is 0 Å². The molecule has 0 heterocycles. The Morgan fingerprint density at radius 2 is 1.72 bits per heavy atom. The van der Waals surface area contributed by atoms with E-state index in [9.17, 15) is 5.11 Å². The zero-order valence-electron chi connectivity index (χ0n) is 12.6. The van der Waals surface area contributed by atoms with Crippen molar-refractivity contribution in [3.05, 3.63) is 34.9 Å². The molecule has 0 saturated heterocycles. The highest BCUT2D eigenvalue weighted by Crippen LogP contribution is 2.27. The Hall–Kier alpha value is -0.860. The number of aliphatic hydroxyl groups is 1. The highest BCUT2D eigenvalue weighted by molar-refractivity contribution is 5.34. The Bertz CT molecular complexity index is 402. The van der Waals surface area contributed by atoms with Gasteiger partial charge < -0.3 is 10.4 Å². The fourth-order valence-corrected chi connectivity index (χ4v) is 2.23. The van der Waals surface area contributed by atoms with Crippen molar-refractivity contribution in [1.29, 1.82) is 0 Å². The van der Waals surface area contributed by atoms with Gasteiger partial charge in [0.25, 0.3) is 0 Å². The van der Waals surface area contributed by atoms with Crippen molar-refractivity contribution in [2.45, 2.75) is 59.1 Å². The maximum Gasteiger partial charge on any atom is 0.0883 e. The molecule has 0 amide bonds. The van der Waals surface area contributed by atoms with Crippen LogP contribution < -0.4 is 5.32 Å². The standard InChI is InChI=1S/C16H27NO/c1-12-7-8-14(13(2)11-12)16(6,18)9-10-17-15(3,4)5/h7-8,11,17-18H,9-10H2,1-6H3. The lowest BCUT2D eigenvalue weighted by Crippen LogP contribution is -2.39. The third-order valence-electron chi connectivity index (χ3n) is 3.23. The van der Waals surface area contributed by atoms with Crippen molar-refractivity contribution in [3.8, 4) is 0 Å². The number of nitrogens with one attached hydrogen (secondary N) is 1. The number of rotatable bonds is 4. The molecule has 2 N–H and O–H groups in total. The number of aryl methyl sites for hydroxylation is 2. The Labute approximate surface area is 111 Å². The van der Waals surface area contributed by atoms with Crippen LogP contribution in [-0.4, -0.2) is 17.2 Å². The maximum atomic E-state index is 10.6. The fraction of sp³-hybridized carbons (Fsp3) is 0.625. The molecule has 0 aliphatic heterocycles. The van der Waals surface area contributed by atoms with E-state index in [1.807, 2.05) is 13.0 Å². The van der Waals surface area contributed by atoms with Gasteiger partial charge >= 0.3 is 0 Å². The van der Waals surface area contributed by atoms with E-state index in [0.717, 1.165) is 17.7 Å². The van der Waals surface area contributed by atoms with E-state index in [2.05, 4.69) is 52.1 Å². The van der Waals surface area contributed by atoms with Crippen LogP contribution in [0.4, 0.5) is 0 Å². The van der Waals surface area contributed by atoms with Crippen LogP contribution in [-0.2, 0) is 5.60 Å². The molecule has 1 unspecified atom stereocenters. The van der Waals surface area contributed by atoms with Crippen molar-refractivity contribution >= 4 is 0 Å². The van der Waals surface area contributed by atoms with Gasteiger partial charge in [0.15, 0.2) is 0 Å². The summed E-state index contributed by atoms with van der Waals surface area (Å²) < 4.78 is 0. The summed E-state index contributed by atoms with van der Waals surface area (Å²) in [5.74, 6) is 0. The van der Waals surface area contributed by atoms with Crippen LogP contribution in [0.5, 0.6) is 0 Å². The van der Waals surface area contributed by atoms with Gasteiger partial charge in [-0.1, -0.05) is 23.8 Å². The number of hydrogen-bond acceptors (Lipinski definition) is 2. The fourth-order valence-electron chi connectivity index (χ4n) is 2.23. The molecule has 0 spiro atoms. The Morgan fingerprint density at radius 3 is 2.22 bits per heavy atom. The molecule has 102 valence electrons. The highest BCUT2D eigenvalue weighted by Gasteiger charge is 2.25. The molecule has 2 nitrogen and oxygen atoms in total. The molecule has 0 fully saturated rings. The van der Waals surface area contributed by atoms with Crippen LogP contribution >= 0.6 is 0 Å². The zero-order valence-corrected chi connectivity index (χ0v) is 12.6. The van der Waals surface area contributed by atoms with Crippen molar-refractivity contribution in [2.75, 3.05) is 6.54 Å². The minimum atomic E-state index is -0.768. The summed E-state index contributed by atoms with van der Waals surface area (Å²) in [5, 5.41) is 14.0. The van der Waals surface area contributed by atoms with E-state index in [1.165, 1.54) is 5.56 Å². The predicted octanol–water partition coefficient (Wildman–Crippen LogP) is 3.29. The van der Waals surface area contributed by atoms with Crippen molar-refractivity contribution in [2.24, 2.45) is 0 Å². The Morgan fingerprint density at radius 1 is 1.11 bits per heavy atom. The zero-order chi connectivity index (χ0) is 14.0. The SMILES string of the molecule is Cc1ccc(C(C)(O)CCNC(C)(C)C)c(C)c1. The first-order valence-electron chi connectivity index (χ1n) is 6.67. The lowest BCUT2D eigenvalue weighted by atomic mass is 9.88. The van der Waals surface area contributed by atoms with Crippen LogP contribution in [0.25, 0.3) is 0 Å². The average molecular weight is 249 g/mol. The topological polar surface area (TPSA) is 32.3 Å². The molecule has 0 bridgehead atoms. The third-order valence-corrected chi connectivity index (χ3v) is 3.23. The number of benzene rings is 1. The van der Waals surface area contributed by atoms with Crippen LogP contribution in [0, 0.1) is 13.8 Å². The van der Waals surface area contributed by atoms with Crippen LogP contribution in [0.15, 0.2) is 18.2 Å². The summed E-state index contributed by atoms with van der Waals surface area (Å²) in [6.45, 7) is 13.3. The second-order valence-corrected chi connectivity index (χ2v) is 6.52. The highest BCUT2D eigenvalue weighted by atomic mass is 16.3. The smallest absolute Gasteiger partial charge is 0.0883 e. The van der Waals surface area contributed by atoms with E-state index in [1.54, 1.807) is 0 Å². The first-order valence-corrected chi connectivity index (χ1v) is 6.67. The largest absolute Gasteiger partial charge is 0.385 e. The predicted molar refractivity (Wildman–Crippen MR) is 77.9 cm³/mol. The van der Waals surface area contributed by atoms with Crippen molar-refractivity contribution in [1.82, 2.24) is 5.32 Å². The van der Waals surface area contributed by atoms with E-state index in [-0.39, 0.29) is 5.54 Å². The summed E-state index contributed by atoms with van der Waals surface area (Å²) in [6.07, 6.45) is 0.716. The Balaban J connectivity index is 2.73. The van der Waals surface area contributed by atoms with Crippen LogP contribution in [0.1, 0.15) is 50.8 Å². The molecular weight excluding hydrogens is 222 g/mol. The molecule has 1 rings (SSSR count). The minimum absolute atomic E-state index is 0.0956. The van der Waals surface area contributed by atoms with Crippen molar-refractivity contribution < 1.29 is 5.11 Å². The van der Waals surface area contributed by atoms with E-state index >= 15 is 0 Å². The van der Waals surface area contributed by atoms with Gasteiger partial charge in [-0.3, -0.25) is 0 Å². The monoisotopic (exact) mass is 249 g/mol. The van der Waals surface area contributed by atoms with Gasteiger partial charge in [-0.2, -0.15) is 0 Å². The molecule has 0 radical (unpaired) electrons. The second kappa shape index (κ2) is 5.41. The van der Waals surface area contributed by atoms with Crippen LogP contribution in [0.3, 0.4) is 0 Å². The molecular formula is C16H27NO. The third kappa shape index (κ3) is 4.43. The quantitative estimate of drug-likeness (QED) is 0.858. The minimum Gasteiger partial charge on any atom is -0.385 e. The molecule has 0 aliphatic carbocycles. The lowest BCUT2D eigenvalue weighted by molar-refractivity contribution is 0.0458. The summed E-state index contributed by atoms with van der Waals surface area (Å²) in [7, 11) is 0. The summed E-state index contributed by atoms with van der Waals surface area (Å²) >= 11 is 0. The summed E-state index contributed by atoms with van der Waals surface area (Å²) in [5.41, 5.74) is 2.76. The van der Waals surface area contributed by atoms with Gasteiger partial charge in [-0.05, 0) is 65.6 Å². The number of hydrogen-bond donors (Lipinski definition) is 2. The van der Waals surface area contributed by atoms with Crippen LogP contribution in [0.2, 0.25) is 0 Å². The molecule has 0 aliphatic rings. The van der Waals surface area contributed by atoms with E-state index < -0.39 is 5.60 Å². The molecule has 1 atom stereocenters. The van der Waals surface area contributed by atoms with Crippen molar-refractivity contribution in [3.63, 3.8) is 0 Å².